The van der Waals surface area contributed by atoms with Crippen LogP contribution in [-0.2, 0) is 11.2 Å². The van der Waals surface area contributed by atoms with E-state index < -0.39 is 0 Å². The summed E-state index contributed by atoms with van der Waals surface area (Å²) in [6, 6.07) is 24.2. The number of hydrogen-bond donors (Lipinski definition) is 1. The molecule has 1 amide bonds. The van der Waals surface area contributed by atoms with Crippen LogP contribution in [0.1, 0.15) is 22.5 Å². The number of nitrogens with one attached hydrogen (secondary N) is 1. The van der Waals surface area contributed by atoms with Crippen LogP contribution in [0.3, 0.4) is 0 Å². The number of carbonyl (C=O) groups excluding carboxylic acids is 1. The predicted octanol–water partition coefficient (Wildman–Crippen LogP) is 5.97. The van der Waals surface area contributed by atoms with Crippen LogP contribution >= 0.6 is 27.7 Å². The highest BCUT2D eigenvalue weighted by atomic mass is 79.9. The number of aromatic nitrogens is 3. The summed E-state index contributed by atoms with van der Waals surface area (Å²) in [6.45, 7) is 4.03. The molecule has 0 saturated heterocycles. The Kier molecular flexibility index (Phi) is 7.07. The molecule has 0 spiro atoms. The van der Waals surface area contributed by atoms with Gasteiger partial charge in [-0.3, -0.25) is 9.36 Å². The van der Waals surface area contributed by atoms with Gasteiger partial charge in [-0.05, 0) is 55.3 Å². The zero-order valence-corrected chi connectivity index (χ0v) is 20.3. The van der Waals surface area contributed by atoms with Gasteiger partial charge in [0.25, 0.3) is 0 Å². The third-order valence-electron chi connectivity index (χ3n) is 4.99. The molecular formula is C25H23BrN4OS. The van der Waals surface area contributed by atoms with Crippen molar-refractivity contribution < 1.29 is 4.79 Å². The van der Waals surface area contributed by atoms with Crippen molar-refractivity contribution in [1.82, 2.24) is 14.8 Å². The first-order chi connectivity index (χ1) is 15.5. The minimum Gasteiger partial charge on any atom is -0.325 e. The fourth-order valence-corrected chi connectivity index (χ4v) is 4.57. The number of benzene rings is 3. The Morgan fingerprint density at radius 1 is 1.00 bits per heavy atom. The molecule has 7 heteroatoms. The molecular weight excluding hydrogens is 484 g/mol. The molecule has 3 aromatic carbocycles. The quantitative estimate of drug-likeness (QED) is 0.313. The van der Waals surface area contributed by atoms with Crippen molar-refractivity contribution >= 4 is 39.3 Å². The first kappa shape index (κ1) is 22.3. The van der Waals surface area contributed by atoms with Crippen LogP contribution in [-0.4, -0.2) is 26.4 Å². The standard InChI is InChI=1S/C25H23BrN4OS/c1-17-8-11-21(12-9-17)30-23(15-19-6-4-3-5-7-19)28-29-25(30)32-16-24(31)27-22-13-10-20(26)14-18(22)2/h3-14H,15-16H2,1-2H3,(H,27,31). The molecule has 0 aliphatic heterocycles. The number of hydrogen-bond acceptors (Lipinski definition) is 4. The summed E-state index contributed by atoms with van der Waals surface area (Å²) < 4.78 is 3.02. The lowest BCUT2D eigenvalue weighted by Gasteiger charge is -2.11. The molecule has 0 aliphatic rings. The average molecular weight is 507 g/mol. The molecule has 0 unspecified atom stereocenters. The molecule has 162 valence electrons. The fraction of sp³-hybridized carbons (Fsp3) is 0.160. The van der Waals surface area contributed by atoms with E-state index in [0.29, 0.717) is 11.6 Å². The van der Waals surface area contributed by atoms with Gasteiger partial charge in [-0.1, -0.05) is 75.7 Å². The number of thioether (sulfide) groups is 1. The largest absolute Gasteiger partial charge is 0.325 e. The number of aryl methyl sites for hydroxylation is 2. The van der Waals surface area contributed by atoms with Crippen molar-refractivity contribution in [2.45, 2.75) is 25.4 Å². The lowest BCUT2D eigenvalue weighted by molar-refractivity contribution is -0.113. The van der Waals surface area contributed by atoms with Crippen LogP contribution in [0.5, 0.6) is 0 Å². The van der Waals surface area contributed by atoms with Crippen molar-refractivity contribution in [3.05, 3.63) is 99.8 Å². The molecule has 4 rings (SSSR count). The Morgan fingerprint density at radius 2 is 1.75 bits per heavy atom. The highest BCUT2D eigenvalue weighted by molar-refractivity contribution is 9.10. The zero-order chi connectivity index (χ0) is 22.5. The van der Waals surface area contributed by atoms with Crippen molar-refractivity contribution in [2.24, 2.45) is 0 Å². The second-order valence-corrected chi connectivity index (χ2v) is 9.39. The molecule has 0 saturated carbocycles. The van der Waals surface area contributed by atoms with Gasteiger partial charge in [0.2, 0.25) is 5.91 Å². The second-order valence-electron chi connectivity index (χ2n) is 7.53. The van der Waals surface area contributed by atoms with Gasteiger partial charge in [0.15, 0.2) is 5.16 Å². The van der Waals surface area contributed by atoms with E-state index in [1.54, 1.807) is 0 Å². The van der Waals surface area contributed by atoms with Crippen LogP contribution in [0.2, 0.25) is 0 Å². The molecule has 0 bridgehead atoms. The topological polar surface area (TPSA) is 59.8 Å². The maximum absolute atomic E-state index is 12.6. The predicted molar refractivity (Wildman–Crippen MR) is 134 cm³/mol. The van der Waals surface area contributed by atoms with E-state index in [2.05, 4.69) is 74.8 Å². The van der Waals surface area contributed by atoms with Gasteiger partial charge >= 0.3 is 0 Å². The van der Waals surface area contributed by atoms with Crippen LogP contribution in [0.15, 0.2) is 82.4 Å². The third-order valence-corrected chi connectivity index (χ3v) is 6.41. The molecule has 32 heavy (non-hydrogen) atoms. The third kappa shape index (κ3) is 5.47. The lowest BCUT2D eigenvalue weighted by atomic mass is 10.1. The molecule has 1 aromatic heterocycles. The van der Waals surface area contributed by atoms with Gasteiger partial charge in [0, 0.05) is 22.3 Å². The molecule has 4 aromatic rings. The van der Waals surface area contributed by atoms with Gasteiger partial charge in [0.05, 0.1) is 5.75 Å². The summed E-state index contributed by atoms with van der Waals surface area (Å²) in [6.07, 6.45) is 0.659. The van der Waals surface area contributed by atoms with E-state index in [1.165, 1.54) is 17.3 Å². The second kappa shape index (κ2) is 10.1. The Labute approximate surface area is 200 Å². The van der Waals surface area contributed by atoms with E-state index >= 15 is 0 Å². The lowest BCUT2D eigenvalue weighted by Crippen LogP contribution is -2.15. The Balaban J connectivity index is 1.55. The van der Waals surface area contributed by atoms with Crippen molar-refractivity contribution in [2.75, 3.05) is 11.1 Å². The summed E-state index contributed by atoms with van der Waals surface area (Å²) in [4.78, 5) is 12.6. The van der Waals surface area contributed by atoms with Gasteiger partial charge < -0.3 is 5.32 Å². The number of rotatable bonds is 7. The number of anilines is 1. The van der Waals surface area contributed by atoms with E-state index in [-0.39, 0.29) is 11.7 Å². The molecule has 1 heterocycles. The van der Waals surface area contributed by atoms with Gasteiger partial charge in [-0.25, -0.2) is 0 Å². The molecule has 0 fully saturated rings. The summed E-state index contributed by atoms with van der Waals surface area (Å²) in [5.74, 6) is 1.00. The van der Waals surface area contributed by atoms with E-state index in [1.807, 2.05) is 47.9 Å². The van der Waals surface area contributed by atoms with Crippen LogP contribution in [0.25, 0.3) is 5.69 Å². The Morgan fingerprint density at radius 3 is 2.47 bits per heavy atom. The molecule has 0 radical (unpaired) electrons. The Bertz CT molecular complexity index is 1220. The maximum Gasteiger partial charge on any atom is 0.234 e. The summed E-state index contributed by atoms with van der Waals surface area (Å²) in [5.41, 5.74) is 5.14. The minimum atomic E-state index is -0.0801. The number of carbonyl (C=O) groups is 1. The smallest absolute Gasteiger partial charge is 0.234 e. The molecule has 0 atom stereocenters. The SMILES string of the molecule is Cc1ccc(-n2c(Cc3ccccc3)nnc2SCC(=O)Nc2ccc(Br)cc2C)cc1. The first-order valence-electron chi connectivity index (χ1n) is 10.2. The number of nitrogens with zero attached hydrogens (tertiary/aromatic N) is 3. The Hall–Kier alpha value is -2.90. The number of halogens is 1. The normalized spacial score (nSPS) is 10.8. The average Bonchev–Trinajstić information content (AvgIpc) is 3.18. The highest BCUT2D eigenvalue weighted by Crippen LogP contribution is 2.25. The monoisotopic (exact) mass is 506 g/mol. The van der Waals surface area contributed by atoms with Crippen molar-refractivity contribution in [3.63, 3.8) is 0 Å². The van der Waals surface area contributed by atoms with Crippen molar-refractivity contribution in [1.29, 1.82) is 0 Å². The minimum absolute atomic E-state index is 0.0801. The molecule has 5 nitrogen and oxygen atoms in total. The van der Waals surface area contributed by atoms with Crippen LogP contribution < -0.4 is 5.32 Å². The molecule has 1 N–H and O–H groups in total. The summed E-state index contributed by atoms with van der Waals surface area (Å²) in [7, 11) is 0. The van der Waals surface area contributed by atoms with E-state index in [9.17, 15) is 4.79 Å². The van der Waals surface area contributed by atoms with Crippen molar-refractivity contribution in [3.8, 4) is 5.69 Å². The fourth-order valence-electron chi connectivity index (χ4n) is 3.32. The number of amides is 1. The molecule has 0 aliphatic carbocycles. The van der Waals surface area contributed by atoms with Crippen LogP contribution in [0.4, 0.5) is 5.69 Å². The van der Waals surface area contributed by atoms with Gasteiger partial charge in [0.1, 0.15) is 5.82 Å². The van der Waals surface area contributed by atoms with Crippen LogP contribution in [0, 0.1) is 13.8 Å². The maximum atomic E-state index is 12.6. The van der Waals surface area contributed by atoms with E-state index in [4.69, 9.17) is 0 Å². The van der Waals surface area contributed by atoms with Gasteiger partial charge in [-0.15, -0.1) is 10.2 Å². The summed E-state index contributed by atoms with van der Waals surface area (Å²) >= 11 is 4.83. The highest BCUT2D eigenvalue weighted by Gasteiger charge is 2.16. The zero-order valence-electron chi connectivity index (χ0n) is 17.9. The van der Waals surface area contributed by atoms with Gasteiger partial charge in [-0.2, -0.15) is 0 Å². The summed E-state index contributed by atoms with van der Waals surface area (Å²) in [5, 5.41) is 12.5. The van der Waals surface area contributed by atoms with E-state index in [0.717, 1.165) is 32.8 Å². The first-order valence-corrected chi connectivity index (χ1v) is 12.0.